The molecule has 0 aliphatic carbocycles. The molecule has 0 aliphatic heterocycles. The van der Waals surface area contributed by atoms with Crippen LogP contribution in [0.25, 0.3) is 10.9 Å². The van der Waals surface area contributed by atoms with E-state index < -0.39 is 0 Å². The monoisotopic (exact) mass is 166 g/mol. The predicted octanol–water partition coefficient (Wildman–Crippen LogP) is 1.17. The number of anilines is 1. The molecule has 2 aromatic rings. The summed E-state index contributed by atoms with van der Waals surface area (Å²) < 4.78 is 2.92. The molecule has 0 radical (unpaired) electrons. The summed E-state index contributed by atoms with van der Waals surface area (Å²) in [6.45, 7) is 0. The molecule has 0 fully saturated rings. The van der Waals surface area contributed by atoms with Crippen molar-refractivity contribution in [2.45, 2.75) is 0 Å². The van der Waals surface area contributed by atoms with E-state index >= 15 is 0 Å². The van der Waals surface area contributed by atoms with Gasteiger partial charge in [-0.3, -0.25) is 4.79 Å². The third-order valence-corrected chi connectivity index (χ3v) is 2.24. The smallest absolute Gasteiger partial charge is 0.257 e. The van der Waals surface area contributed by atoms with Crippen LogP contribution in [0.4, 0.5) is 5.69 Å². The molecule has 11 heavy (non-hydrogen) atoms. The van der Waals surface area contributed by atoms with Gasteiger partial charge in [-0.25, -0.2) is 0 Å². The normalized spacial score (nSPS) is 10.5. The van der Waals surface area contributed by atoms with Crippen LogP contribution in [0.5, 0.6) is 0 Å². The van der Waals surface area contributed by atoms with Crippen LogP contribution in [0.3, 0.4) is 0 Å². The predicted molar refractivity (Wildman–Crippen MR) is 46.9 cm³/mol. The molecule has 0 saturated heterocycles. The Morgan fingerprint density at radius 2 is 2.27 bits per heavy atom. The van der Waals surface area contributed by atoms with Gasteiger partial charge in [-0.15, -0.1) is 0 Å². The number of nitrogen functional groups attached to an aromatic ring is 1. The van der Waals surface area contributed by atoms with Crippen molar-refractivity contribution in [1.82, 2.24) is 4.37 Å². The summed E-state index contributed by atoms with van der Waals surface area (Å²) in [6, 6.07) is 5.26. The van der Waals surface area contributed by atoms with E-state index in [1.54, 1.807) is 12.1 Å². The first-order chi connectivity index (χ1) is 5.27. The average Bonchev–Trinajstić information content (AvgIpc) is 2.33. The van der Waals surface area contributed by atoms with E-state index in [4.69, 9.17) is 5.73 Å². The Balaban J connectivity index is 2.99. The van der Waals surface area contributed by atoms with Crippen LogP contribution in [0.15, 0.2) is 23.0 Å². The molecule has 0 bridgehead atoms. The van der Waals surface area contributed by atoms with Gasteiger partial charge < -0.3 is 10.1 Å². The number of nitrogens with two attached hydrogens (primary N) is 1. The minimum Gasteiger partial charge on any atom is -0.399 e. The Hall–Kier alpha value is -1.29. The molecule has 1 aromatic carbocycles. The van der Waals surface area contributed by atoms with Crippen molar-refractivity contribution in [2.75, 3.05) is 5.73 Å². The summed E-state index contributed by atoms with van der Waals surface area (Å²) in [5, 5.41) is 0.676. The number of hydrogen-bond acceptors (Lipinski definition) is 3. The van der Waals surface area contributed by atoms with Gasteiger partial charge in [0.1, 0.15) is 0 Å². The number of aromatic nitrogens is 1. The van der Waals surface area contributed by atoms with Crippen molar-refractivity contribution in [3.63, 3.8) is 0 Å². The molecular formula is C7H6N2OS. The second kappa shape index (κ2) is 2.10. The molecule has 0 spiro atoms. The minimum atomic E-state index is 0.0345. The number of hydrogen-bond donors (Lipinski definition) is 2. The highest BCUT2D eigenvalue weighted by molar-refractivity contribution is 7.04. The van der Waals surface area contributed by atoms with Crippen molar-refractivity contribution >= 4 is 28.1 Å². The lowest BCUT2D eigenvalue weighted by Crippen LogP contribution is -1.89. The van der Waals surface area contributed by atoms with E-state index in [1.807, 2.05) is 6.07 Å². The largest absolute Gasteiger partial charge is 0.399 e. The second-order valence-corrected chi connectivity index (χ2v) is 3.08. The molecular weight excluding hydrogens is 160 g/mol. The van der Waals surface area contributed by atoms with Gasteiger partial charge in [0.15, 0.2) is 0 Å². The highest BCUT2D eigenvalue weighted by Crippen LogP contribution is 2.12. The van der Waals surface area contributed by atoms with Gasteiger partial charge in [0.05, 0.1) is 10.9 Å². The summed E-state index contributed by atoms with van der Waals surface area (Å²) in [6.07, 6.45) is 0. The van der Waals surface area contributed by atoms with Gasteiger partial charge in [0, 0.05) is 5.69 Å². The van der Waals surface area contributed by atoms with Crippen LogP contribution >= 0.6 is 11.5 Å². The Bertz CT molecular complexity index is 443. The lowest BCUT2D eigenvalue weighted by atomic mass is 10.2. The maximum Gasteiger partial charge on any atom is 0.257 e. The summed E-state index contributed by atoms with van der Waals surface area (Å²) in [7, 11) is 0. The number of benzene rings is 1. The van der Waals surface area contributed by atoms with Crippen LogP contribution in [0, 0.1) is 0 Å². The highest BCUT2D eigenvalue weighted by Gasteiger charge is 1.99. The topological polar surface area (TPSA) is 58.9 Å². The zero-order valence-corrected chi connectivity index (χ0v) is 6.44. The lowest BCUT2D eigenvalue weighted by Gasteiger charge is -1.89. The van der Waals surface area contributed by atoms with Crippen LogP contribution in [-0.2, 0) is 0 Å². The molecule has 0 unspecified atom stereocenters. The van der Waals surface area contributed by atoms with E-state index in [-0.39, 0.29) is 4.74 Å². The van der Waals surface area contributed by atoms with Crippen molar-refractivity contribution in [3.05, 3.63) is 27.7 Å². The van der Waals surface area contributed by atoms with E-state index in [1.165, 1.54) is 0 Å². The zero-order valence-electron chi connectivity index (χ0n) is 5.63. The molecule has 56 valence electrons. The highest BCUT2D eigenvalue weighted by atomic mass is 32.1. The van der Waals surface area contributed by atoms with E-state index in [0.717, 1.165) is 17.0 Å². The Morgan fingerprint density at radius 1 is 1.45 bits per heavy atom. The number of fused-ring (bicyclic) bond motifs is 1. The van der Waals surface area contributed by atoms with Gasteiger partial charge in [-0.1, -0.05) is 0 Å². The first-order valence-electron chi connectivity index (χ1n) is 3.14. The molecule has 0 atom stereocenters. The van der Waals surface area contributed by atoms with Crippen LogP contribution < -0.4 is 10.5 Å². The summed E-state index contributed by atoms with van der Waals surface area (Å²) in [4.78, 5) is 11.1. The molecule has 4 heteroatoms. The second-order valence-electron chi connectivity index (χ2n) is 2.30. The molecule has 0 amide bonds. The van der Waals surface area contributed by atoms with Crippen molar-refractivity contribution in [3.8, 4) is 0 Å². The fourth-order valence-electron chi connectivity index (χ4n) is 0.976. The Morgan fingerprint density at radius 3 is 3.09 bits per heavy atom. The van der Waals surface area contributed by atoms with Crippen LogP contribution in [0.2, 0.25) is 0 Å². The third kappa shape index (κ3) is 0.914. The quantitative estimate of drug-likeness (QED) is 0.577. The first kappa shape index (κ1) is 6.42. The van der Waals surface area contributed by atoms with Gasteiger partial charge in [-0.2, -0.15) is 0 Å². The Kier molecular flexibility index (Phi) is 1.22. The number of aromatic amines is 1. The average molecular weight is 166 g/mol. The van der Waals surface area contributed by atoms with Crippen LogP contribution in [0.1, 0.15) is 0 Å². The number of nitrogens with one attached hydrogen (secondary N) is 1. The molecule has 1 heterocycles. The standard InChI is InChI=1S/C7H6N2OS/c8-4-1-2-6-5(3-4)7(10)11-9-6/h1-3,9H,8H2. The molecule has 0 aliphatic rings. The Labute approximate surface area is 66.6 Å². The number of H-pyrrole nitrogens is 1. The molecule has 2 rings (SSSR count). The van der Waals surface area contributed by atoms with Gasteiger partial charge in [0.2, 0.25) is 0 Å². The third-order valence-electron chi connectivity index (χ3n) is 1.52. The van der Waals surface area contributed by atoms with Crippen LogP contribution in [-0.4, -0.2) is 4.37 Å². The lowest BCUT2D eigenvalue weighted by molar-refractivity contribution is 1.66. The minimum absolute atomic E-state index is 0.0345. The molecule has 1 aromatic heterocycles. The van der Waals surface area contributed by atoms with E-state index in [0.29, 0.717) is 11.1 Å². The van der Waals surface area contributed by atoms with Gasteiger partial charge in [0.25, 0.3) is 4.74 Å². The molecule has 3 nitrogen and oxygen atoms in total. The summed E-state index contributed by atoms with van der Waals surface area (Å²) >= 11 is 1.09. The van der Waals surface area contributed by atoms with Crippen molar-refractivity contribution in [1.29, 1.82) is 0 Å². The van der Waals surface area contributed by atoms with E-state index in [2.05, 4.69) is 4.37 Å². The molecule has 3 N–H and O–H groups in total. The fourth-order valence-corrected chi connectivity index (χ4v) is 1.64. The maximum absolute atomic E-state index is 11.1. The molecule has 0 saturated carbocycles. The summed E-state index contributed by atoms with van der Waals surface area (Å²) in [5.41, 5.74) is 6.99. The van der Waals surface area contributed by atoms with Crippen molar-refractivity contribution < 1.29 is 0 Å². The fraction of sp³-hybridized carbons (Fsp3) is 0. The zero-order chi connectivity index (χ0) is 7.84. The van der Waals surface area contributed by atoms with Gasteiger partial charge in [-0.05, 0) is 29.7 Å². The SMILES string of the molecule is Nc1ccc2[nH]sc(=O)c2c1. The van der Waals surface area contributed by atoms with Crippen molar-refractivity contribution in [2.24, 2.45) is 0 Å². The number of rotatable bonds is 0. The first-order valence-corrected chi connectivity index (χ1v) is 3.96. The maximum atomic E-state index is 11.1. The van der Waals surface area contributed by atoms with E-state index in [9.17, 15) is 4.79 Å². The summed E-state index contributed by atoms with van der Waals surface area (Å²) in [5.74, 6) is 0. The van der Waals surface area contributed by atoms with Gasteiger partial charge >= 0.3 is 0 Å².